The van der Waals surface area contributed by atoms with Gasteiger partial charge in [0.05, 0.1) is 15.7 Å². The van der Waals surface area contributed by atoms with Crippen LogP contribution in [0.15, 0.2) is 47.4 Å². The number of amides is 2. The standard InChI is InChI=1S/C15H11Cl2N3O4S/c16-10-4-5-12(17)13(7-10)25-8-14(21)18-19-15(22)9-2-1-3-11(6-9)20(23)24/h1-7H,8H2,(H,18,21)(H,19,22). The van der Waals surface area contributed by atoms with Crippen LogP contribution in [-0.2, 0) is 4.79 Å². The van der Waals surface area contributed by atoms with E-state index in [0.29, 0.717) is 14.9 Å². The van der Waals surface area contributed by atoms with Crippen LogP contribution in [0.25, 0.3) is 0 Å². The van der Waals surface area contributed by atoms with Gasteiger partial charge < -0.3 is 0 Å². The van der Waals surface area contributed by atoms with E-state index >= 15 is 0 Å². The van der Waals surface area contributed by atoms with Gasteiger partial charge in [-0.05, 0) is 24.3 Å². The molecule has 130 valence electrons. The summed E-state index contributed by atoms with van der Waals surface area (Å²) in [6.45, 7) is 0. The van der Waals surface area contributed by atoms with Crippen molar-refractivity contribution in [2.45, 2.75) is 4.90 Å². The zero-order valence-corrected chi connectivity index (χ0v) is 14.8. The fourth-order valence-corrected chi connectivity index (χ4v) is 3.02. The number of nitrogens with one attached hydrogen (secondary N) is 2. The van der Waals surface area contributed by atoms with Crippen molar-refractivity contribution < 1.29 is 14.5 Å². The molecule has 2 amide bonds. The van der Waals surface area contributed by atoms with Crippen LogP contribution in [0.1, 0.15) is 10.4 Å². The average molecular weight is 400 g/mol. The van der Waals surface area contributed by atoms with Crippen molar-refractivity contribution in [2.24, 2.45) is 0 Å². The van der Waals surface area contributed by atoms with Crippen molar-refractivity contribution in [1.82, 2.24) is 10.9 Å². The highest BCUT2D eigenvalue weighted by atomic mass is 35.5. The molecule has 0 aliphatic rings. The van der Waals surface area contributed by atoms with E-state index in [4.69, 9.17) is 23.2 Å². The van der Waals surface area contributed by atoms with Gasteiger partial charge in [-0.1, -0.05) is 29.3 Å². The molecule has 0 aromatic heterocycles. The van der Waals surface area contributed by atoms with Gasteiger partial charge in [0.1, 0.15) is 0 Å². The average Bonchev–Trinajstić information content (AvgIpc) is 2.60. The molecule has 2 aromatic carbocycles. The quantitative estimate of drug-likeness (QED) is 0.455. The summed E-state index contributed by atoms with van der Waals surface area (Å²) in [6, 6.07) is 10.0. The number of halogens is 2. The van der Waals surface area contributed by atoms with E-state index in [1.165, 1.54) is 18.2 Å². The van der Waals surface area contributed by atoms with E-state index < -0.39 is 16.7 Å². The molecular formula is C15H11Cl2N3O4S. The van der Waals surface area contributed by atoms with Crippen molar-refractivity contribution in [3.05, 3.63) is 68.2 Å². The van der Waals surface area contributed by atoms with Crippen LogP contribution >= 0.6 is 35.0 Å². The Bertz CT molecular complexity index is 832. The maximum atomic E-state index is 11.9. The molecule has 0 spiro atoms. The largest absolute Gasteiger partial charge is 0.272 e. The first-order valence-electron chi connectivity index (χ1n) is 6.78. The number of carbonyl (C=O) groups is 2. The van der Waals surface area contributed by atoms with Crippen LogP contribution in [0.3, 0.4) is 0 Å². The van der Waals surface area contributed by atoms with Gasteiger partial charge >= 0.3 is 0 Å². The number of rotatable bonds is 5. The van der Waals surface area contributed by atoms with Gasteiger partial charge in [-0.3, -0.25) is 30.6 Å². The van der Waals surface area contributed by atoms with E-state index in [2.05, 4.69) is 10.9 Å². The summed E-state index contributed by atoms with van der Waals surface area (Å²) in [6.07, 6.45) is 0. The summed E-state index contributed by atoms with van der Waals surface area (Å²) in [4.78, 5) is 34.4. The van der Waals surface area contributed by atoms with Crippen molar-refractivity contribution in [2.75, 3.05) is 5.75 Å². The topological polar surface area (TPSA) is 101 Å². The zero-order chi connectivity index (χ0) is 18.4. The van der Waals surface area contributed by atoms with Gasteiger partial charge in [0, 0.05) is 27.6 Å². The first-order valence-corrected chi connectivity index (χ1v) is 8.52. The summed E-state index contributed by atoms with van der Waals surface area (Å²) < 4.78 is 0. The van der Waals surface area contributed by atoms with Crippen LogP contribution in [0.2, 0.25) is 10.0 Å². The van der Waals surface area contributed by atoms with Crippen LogP contribution in [0.4, 0.5) is 5.69 Å². The molecule has 0 unspecified atom stereocenters. The number of thioether (sulfide) groups is 1. The molecule has 2 N–H and O–H groups in total. The van der Waals surface area contributed by atoms with Crippen LogP contribution in [-0.4, -0.2) is 22.5 Å². The highest BCUT2D eigenvalue weighted by molar-refractivity contribution is 8.00. The van der Waals surface area contributed by atoms with E-state index in [0.717, 1.165) is 17.8 Å². The van der Waals surface area contributed by atoms with Crippen molar-refractivity contribution in [1.29, 1.82) is 0 Å². The lowest BCUT2D eigenvalue weighted by Crippen LogP contribution is -2.42. The second kappa shape index (κ2) is 8.70. The van der Waals surface area contributed by atoms with Gasteiger partial charge in [0.25, 0.3) is 11.6 Å². The first kappa shape index (κ1) is 19.0. The predicted octanol–water partition coefficient (Wildman–Crippen LogP) is 3.45. The number of hydrazine groups is 1. The second-order valence-electron chi connectivity index (χ2n) is 4.67. The summed E-state index contributed by atoms with van der Waals surface area (Å²) >= 11 is 13.0. The minimum absolute atomic E-state index is 0.00468. The number of nitrogens with zero attached hydrogens (tertiary/aromatic N) is 1. The third-order valence-corrected chi connectivity index (χ3v) is 4.62. The first-order chi connectivity index (χ1) is 11.9. The Hall–Kier alpha value is -2.29. The fourth-order valence-electron chi connectivity index (χ4n) is 1.73. The van der Waals surface area contributed by atoms with Crippen molar-refractivity contribution in [3.63, 3.8) is 0 Å². The Kier molecular flexibility index (Phi) is 6.63. The molecule has 0 bridgehead atoms. The zero-order valence-electron chi connectivity index (χ0n) is 12.5. The number of benzene rings is 2. The third-order valence-electron chi connectivity index (χ3n) is 2.89. The van der Waals surface area contributed by atoms with Crippen LogP contribution in [0, 0.1) is 10.1 Å². The maximum Gasteiger partial charge on any atom is 0.270 e. The molecule has 0 radical (unpaired) electrons. The molecular weight excluding hydrogens is 389 g/mol. The summed E-state index contributed by atoms with van der Waals surface area (Å²) in [7, 11) is 0. The normalized spacial score (nSPS) is 10.2. The Morgan fingerprint density at radius 1 is 1.12 bits per heavy atom. The minimum atomic E-state index is -0.664. The van der Waals surface area contributed by atoms with Crippen molar-refractivity contribution >= 4 is 52.5 Å². The lowest BCUT2D eigenvalue weighted by atomic mass is 10.2. The van der Waals surface area contributed by atoms with Gasteiger partial charge in [-0.25, -0.2) is 0 Å². The Morgan fingerprint density at radius 2 is 1.88 bits per heavy atom. The minimum Gasteiger partial charge on any atom is -0.272 e. The Balaban J connectivity index is 1.87. The number of non-ortho nitro benzene ring substituents is 1. The Labute approximate surface area is 156 Å². The molecule has 25 heavy (non-hydrogen) atoms. The SMILES string of the molecule is O=C(CSc1cc(Cl)ccc1Cl)NNC(=O)c1cccc([N+](=O)[O-])c1. The maximum absolute atomic E-state index is 11.9. The monoisotopic (exact) mass is 399 g/mol. The molecule has 0 atom stereocenters. The van der Waals surface area contributed by atoms with Gasteiger partial charge in [0.15, 0.2) is 0 Å². The van der Waals surface area contributed by atoms with E-state index in [1.54, 1.807) is 18.2 Å². The molecule has 10 heteroatoms. The number of hydrogen-bond donors (Lipinski definition) is 2. The third kappa shape index (κ3) is 5.63. The summed E-state index contributed by atoms with van der Waals surface area (Å²) in [5.41, 5.74) is 4.26. The van der Waals surface area contributed by atoms with E-state index in [-0.39, 0.29) is 17.0 Å². The summed E-state index contributed by atoms with van der Waals surface area (Å²) in [5.74, 6) is -1.14. The molecule has 2 aromatic rings. The number of nitro groups is 1. The Morgan fingerprint density at radius 3 is 2.60 bits per heavy atom. The molecule has 0 aliphatic carbocycles. The smallest absolute Gasteiger partial charge is 0.270 e. The van der Waals surface area contributed by atoms with Crippen LogP contribution < -0.4 is 10.9 Å². The second-order valence-corrected chi connectivity index (χ2v) is 6.53. The molecule has 0 heterocycles. The van der Waals surface area contributed by atoms with Gasteiger partial charge in [0.2, 0.25) is 5.91 Å². The molecule has 0 fully saturated rings. The van der Waals surface area contributed by atoms with Crippen molar-refractivity contribution in [3.8, 4) is 0 Å². The number of carbonyl (C=O) groups excluding carboxylic acids is 2. The lowest BCUT2D eigenvalue weighted by molar-refractivity contribution is -0.384. The van der Waals surface area contributed by atoms with Gasteiger partial charge in [-0.2, -0.15) is 0 Å². The molecule has 0 aliphatic heterocycles. The molecule has 0 saturated carbocycles. The number of hydrogen-bond acceptors (Lipinski definition) is 5. The lowest BCUT2D eigenvalue weighted by Gasteiger charge is -2.08. The predicted molar refractivity (Wildman–Crippen MR) is 95.9 cm³/mol. The highest BCUT2D eigenvalue weighted by Crippen LogP contribution is 2.29. The summed E-state index contributed by atoms with van der Waals surface area (Å²) in [5, 5.41) is 11.6. The van der Waals surface area contributed by atoms with Gasteiger partial charge in [-0.15, -0.1) is 11.8 Å². The molecule has 0 saturated heterocycles. The molecule has 2 rings (SSSR count). The van der Waals surface area contributed by atoms with E-state index in [9.17, 15) is 19.7 Å². The van der Waals surface area contributed by atoms with E-state index in [1.807, 2.05) is 0 Å². The highest BCUT2D eigenvalue weighted by Gasteiger charge is 2.12. The number of nitro benzene ring substituents is 1. The fraction of sp³-hybridized carbons (Fsp3) is 0.0667. The molecule has 7 nitrogen and oxygen atoms in total. The van der Waals surface area contributed by atoms with Crippen LogP contribution in [0.5, 0.6) is 0 Å².